The van der Waals surface area contributed by atoms with E-state index in [1.807, 2.05) is 13.8 Å². The molecule has 0 saturated carbocycles. The summed E-state index contributed by atoms with van der Waals surface area (Å²) in [5.74, 6) is -1.04. The Morgan fingerprint density at radius 1 is 1.50 bits per heavy atom. The number of aromatic nitrogens is 3. The van der Waals surface area contributed by atoms with Crippen LogP contribution in [0.4, 0.5) is 0 Å². The van der Waals surface area contributed by atoms with Crippen LogP contribution in [-0.4, -0.2) is 55.5 Å². The molecular formula is C12H19N5O3. The van der Waals surface area contributed by atoms with E-state index in [4.69, 9.17) is 10.8 Å². The number of carbonyl (C=O) groups excluding carboxylic acids is 1. The zero-order valence-electron chi connectivity index (χ0n) is 11.6. The van der Waals surface area contributed by atoms with Gasteiger partial charge >= 0.3 is 5.97 Å². The van der Waals surface area contributed by atoms with Crippen molar-refractivity contribution < 1.29 is 14.7 Å². The topological polar surface area (TPSA) is 114 Å². The molecule has 0 aliphatic carbocycles. The van der Waals surface area contributed by atoms with Crippen LogP contribution in [0.2, 0.25) is 0 Å². The van der Waals surface area contributed by atoms with Gasteiger partial charge in [0.2, 0.25) is 5.91 Å². The number of likely N-dealkylation sites (tertiary alicyclic amines) is 1. The molecule has 1 fully saturated rings. The highest BCUT2D eigenvalue weighted by atomic mass is 16.4. The fraction of sp³-hybridized carbons (Fsp3) is 0.667. The molecule has 20 heavy (non-hydrogen) atoms. The summed E-state index contributed by atoms with van der Waals surface area (Å²) in [6, 6.07) is 0.00503. The predicted molar refractivity (Wildman–Crippen MR) is 70.1 cm³/mol. The lowest BCUT2D eigenvalue weighted by Crippen LogP contribution is -2.51. The number of nitrogens with two attached hydrogens (primary N) is 1. The molecule has 0 aromatic carbocycles. The molecule has 0 radical (unpaired) electrons. The van der Waals surface area contributed by atoms with E-state index in [2.05, 4.69) is 10.3 Å². The van der Waals surface area contributed by atoms with Gasteiger partial charge < -0.3 is 15.7 Å². The highest BCUT2D eigenvalue weighted by Gasteiger charge is 2.33. The van der Waals surface area contributed by atoms with Gasteiger partial charge in [-0.1, -0.05) is 5.21 Å². The zero-order valence-corrected chi connectivity index (χ0v) is 11.6. The molecule has 110 valence electrons. The fourth-order valence-corrected chi connectivity index (χ4v) is 1.97. The third-order valence-electron chi connectivity index (χ3n) is 3.30. The number of hydrogen-bond donors (Lipinski definition) is 2. The fourth-order valence-electron chi connectivity index (χ4n) is 1.97. The van der Waals surface area contributed by atoms with Gasteiger partial charge in [0, 0.05) is 25.0 Å². The molecule has 0 unspecified atom stereocenters. The lowest BCUT2D eigenvalue weighted by molar-refractivity contribution is -0.137. The molecule has 1 aliphatic rings. The molecule has 1 saturated heterocycles. The summed E-state index contributed by atoms with van der Waals surface area (Å²) < 4.78 is 1.50. The number of nitrogens with zero attached hydrogens (tertiary/aromatic N) is 4. The molecule has 1 aliphatic heterocycles. The molecule has 0 bridgehead atoms. The zero-order chi connectivity index (χ0) is 14.9. The first-order valence-corrected chi connectivity index (χ1v) is 6.48. The largest absolute Gasteiger partial charge is 0.476 e. The molecule has 0 spiro atoms. The Hall–Kier alpha value is -1.96. The summed E-state index contributed by atoms with van der Waals surface area (Å²) in [6.45, 7) is 4.85. The van der Waals surface area contributed by atoms with Crippen molar-refractivity contribution in [2.75, 3.05) is 13.1 Å². The van der Waals surface area contributed by atoms with Gasteiger partial charge in [0.25, 0.3) is 0 Å². The molecule has 1 aromatic rings. The van der Waals surface area contributed by atoms with E-state index in [0.29, 0.717) is 25.9 Å². The number of carboxylic acid groups (broad SMARTS) is 1. The number of carbonyl (C=O) groups is 2. The number of rotatable bonds is 5. The van der Waals surface area contributed by atoms with E-state index in [-0.39, 0.29) is 23.2 Å². The number of aromatic carboxylic acids is 1. The first kappa shape index (κ1) is 14.4. The minimum atomic E-state index is -1.10. The monoisotopic (exact) mass is 281 g/mol. The van der Waals surface area contributed by atoms with Crippen molar-refractivity contribution in [3.05, 3.63) is 11.9 Å². The van der Waals surface area contributed by atoms with Crippen molar-refractivity contribution in [2.45, 2.75) is 38.3 Å². The average Bonchev–Trinajstić information content (AvgIpc) is 2.72. The summed E-state index contributed by atoms with van der Waals surface area (Å²) in [6.07, 6.45) is 2.45. The van der Waals surface area contributed by atoms with Crippen molar-refractivity contribution in [3.8, 4) is 0 Å². The van der Waals surface area contributed by atoms with Crippen LogP contribution in [0.1, 0.15) is 43.2 Å². The van der Waals surface area contributed by atoms with Gasteiger partial charge in [0.05, 0.1) is 12.2 Å². The summed E-state index contributed by atoms with van der Waals surface area (Å²) in [5.41, 5.74) is 5.42. The second-order valence-electron chi connectivity index (χ2n) is 5.83. The van der Waals surface area contributed by atoms with Gasteiger partial charge in [-0.15, -0.1) is 5.10 Å². The summed E-state index contributed by atoms with van der Waals surface area (Å²) in [5, 5.41) is 16.1. The standard InChI is InChI=1S/C12H19N5O3/c1-12(2,13)4-3-10(18)16-5-8(6-16)17-7-9(11(19)20)14-15-17/h7-8H,3-6,13H2,1-2H3,(H,19,20). The summed E-state index contributed by atoms with van der Waals surface area (Å²) in [4.78, 5) is 24.3. The van der Waals surface area contributed by atoms with Crippen LogP contribution < -0.4 is 5.73 Å². The molecule has 8 heteroatoms. The van der Waals surface area contributed by atoms with Crippen LogP contribution in [-0.2, 0) is 4.79 Å². The number of carboxylic acids is 1. The minimum Gasteiger partial charge on any atom is -0.476 e. The third kappa shape index (κ3) is 3.32. The Bertz CT molecular complexity index is 513. The van der Waals surface area contributed by atoms with Crippen LogP contribution >= 0.6 is 0 Å². The van der Waals surface area contributed by atoms with Crippen molar-refractivity contribution in [2.24, 2.45) is 5.73 Å². The Morgan fingerprint density at radius 2 is 2.15 bits per heavy atom. The van der Waals surface area contributed by atoms with E-state index in [0.717, 1.165) is 0 Å². The van der Waals surface area contributed by atoms with E-state index in [1.165, 1.54) is 10.9 Å². The number of hydrogen-bond acceptors (Lipinski definition) is 5. The van der Waals surface area contributed by atoms with Crippen LogP contribution in [0.5, 0.6) is 0 Å². The van der Waals surface area contributed by atoms with Crippen LogP contribution in [0.15, 0.2) is 6.20 Å². The lowest BCUT2D eigenvalue weighted by atomic mass is 9.98. The van der Waals surface area contributed by atoms with Crippen molar-refractivity contribution in [3.63, 3.8) is 0 Å². The molecular weight excluding hydrogens is 262 g/mol. The van der Waals surface area contributed by atoms with Crippen molar-refractivity contribution >= 4 is 11.9 Å². The van der Waals surface area contributed by atoms with E-state index in [9.17, 15) is 9.59 Å². The van der Waals surface area contributed by atoms with Gasteiger partial charge in [0.1, 0.15) is 0 Å². The maximum absolute atomic E-state index is 11.9. The van der Waals surface area contributed by atoms with E-state index >= 15 is 0 Å². The van der Waals surface area contributed by atoms with Gasteiger partial charge in [-0.25, -0.2) is 9.48 Å². The Labute approximate surface area is 116 Å². The SMILES string of the molecule is CC(C)(N)CCC(=O)N1CC(n2cc(C(=O)O)nn2)C1. The highest BCUT2D eigenvalue weighted by molar-refractivity contribution is 5.84. The Kier molecular flexibility index (Phi) is 3.76. The predicted octanol–water partition coefficient (Wildman–Crippen LogP) is -0.123. The lowest BCUT2D eigenvalue weighted by Gasteiger charge is -2.39. The molecule has 0 atom stereocenters. The van der Waals surface area contributed by atoms with Crippen LogP contribution in [0, 0.1) is 0 Å². The molecule has 2 rings (SSSR count). The Morgan fingerprint density at radius 3 is 2.65 bits per heavy atom. The second kappa shape index (κ2) is 5.20. The second-order valence-corrected chi connectivity index (χ2v) is 5.83. The summed E-state index contributed by atoms with van der Waals surface area (Å²) in [7, 11) is 0. The van der Waals surface area contributed by atoms with Crippen LogP contribution in [0.3, 0.4) is 0 Å². The van der Waals surface area contributed by atoms with Gasteiger partial charge in [-0.2, -0.15) is 0 Å². The molecule has 8 nitrogen and oxygen atoms in total. The molecule has 1 amide bonds. The maximum Gasteiger partial charge on any atom is 0.358 e. The van der Waals surface area contributed by atoms with Gasteiger partial charge in [-0.05, 0) is 20.3 Å². The van der Waals surface area contributed by atoms with E-state index < -0.39 is 5.97 Å². The van der Waals surface area contributed by atoms with E-state index in [1.54, 1.807) is 4.90 Å². The van der Waals surface area contributed by atoms with Gasteiger partial charge in [-0.3, -0.25) is 4.79 Å². The molecule has 3 N–H and O–H groups in total. The maximum atomic E-state index is 11.9. The molecule has 2 heterocycles. The smallest absolute Gasteiger partial charge is 0.358 e. The van der Waals surface area contributed by atoms with Crippen LogP contribution in [0.25, 0.3) is 0 Å². The highest BCUT2D eigenvalue weighted by Crippen LogP contribution is 2.22. The minimum absolute atomic E-state index is 0.00503. The Balaban J connectivity index is 1.81. The first-order chi connectivity index (χ1) is 9.26. The quantitative estimate of drug-likeness (QED) is 0.777. The van der Waals surface area contributed by atoms with Gasteiger partial charge in [0.15, 0.2) is 5.69 Å². The van der Waals surface area contributed by atoms with Crippen molar-refractivity contribution in [1.29, 1.82) is 0 Å². The third-order valence-corrected chi connectivity index (χ3v) is 3.30. The summed E-state index contributed by atoms with van der Waals surface area (Å²) >= 11 is 0. The van der Waals surface area contributed by atoms with Crippen molar-refractivity contribution in [1.82, 2.24) is 19.9 Å². The number of amides is 1. The normalized spacial score (nSPS) is 16.1. The first-order valence-electron chi connectivity index (χ1n) is 6.48. The molecule has 1 aromatic heterocycles. The average molecular weight is 281 g/mol.